The van der Waals surface area contributed by atoms with E-state index in [1.165, 1.54) is 11.3 Å². The Balaban J connectivity index is 1.67. The van der Waals surface area contributed by atoms with Gasteiger partial charge in [0, 0.05) is 42.3 Å². The largest absolute Gasteiger partial charge is 0.351 e. The van der Waals surface area contributed by atoms with Crippen molar-refractivity contribution in [1.82, 2.24) is 15.2 Å². The normalized spacial score (nSPS) is 13.3. The summed E-state index contributed by atoms with van der Waals surface area (Å²) in [4.78, 5) is 31.8. The summed E-state index contributed by atoms with van der Waals surface area (Å²) in [5, 5.41) is 3.91. The molecule has 5 nitrogen and oxygen atoms in total. The van der Waals surface area contributed by atoms with E-state index in [1.54, 1.807) is 12.4 Å². The van der Waals surface area contributed by atoms with E-state index in [0.29, 0.717) is 25.2 Å². The van der Waals surface area contributed by atoms with Crippen molar-refractivity contribution in [2.45, 2.75) is 19.9 Å². The van der Waals surface area contributed by atoms with E-state index >= 15 is 0 Å². The van der Waals surface area contributed by atoms with Crippen LogP contribution in [-0.2, 0) is 13.0 Å². The van der Waals surface area contributed by atoms with E-state index in [9.17, 15) is 9.59 Å². The average Bonchev–Trinajstić information content (AvgIpc) is 3.06. The van der Waals surface area contributed by atoms with E-state index in [-0.39, 0.29) is 11.8 Å². The summed E-state index contributed by atoms with van der Waals surface area (Å²) < 4.78 is 1.05. The Labute approximate surface area is 155 Å². The van der Waals surface area contributed by atoms with Crippen LogP contribution < -0.4 is 5.32 Å². The number of pyridine rings is 1. The Morgan fingerprint density at radius 1 is 1.35 bits per heavy atom. The second kappa shape index (κ2) is 6.88. The minimum atomic E-state index is -0.00733. The number of amides is 2. The van der Waals surface area contributed by atoms with Crippen LogP contribution in [0.25, 0.3) is 10.1 Å². The molecule has 1 aliphatic rings. The molecule has 0 fully saturated rings. The zero-order valence-corrected chi connectivity index (χ0v) is 15.3. The van der Waals surface area contributed by atoms with Crippen LogP contribution in [-0.4, -0.2) is 34.8 Å². The van der Waals surface area contributed by atoms with Crippen LogP contribution in [0.1, 0.15) is 38.1 Å². The predicted molar refractivity (Wildman–Crippen MR) is 103 cm³/mol. The summed E-state index contributed by atoms with van der Waals surface area (Å²) in [6.45, 7) is 3.78. The van der Waals surface area contributed by atoms with Crippen LogP contribution in [0.4, 0.5) is 0 Å². The highest BCUT2D eigenvalue weighted by Gasteiger charge is 2.23. The first-order valence-electron chi connectivity index (χ1n) is 8.69. The molecule has 0 saturated heterocycles. The van der Waals surface area contributed by atoms with E-state index in [4.69, 9.17) is 0 Å². The van der Waals surface area contributed by atoms with Gasteiger partial charge in [0.25, 0.3) is 11.8 Å². The smallest absolute Gasteiger partial charge is 0.261 e. The number of hydrogen-bond donors (Lipinski definition) is 1. The molecular weight excluding hydrogens is 346 g/mol. The number of hydrogen-bond acceptors (Lipinski definition) is 4. The van der Waals surface area contributed by atoms with Gasteiger partial charge in [-0.25, -0.2) is 0 Å². The van der Waals surface area contributed by atoms with Crippen LogP contribution in [0, 0.1) is 0 Å². The average molecular weight is 365 g/mol. The molecule has 0 radical (unpaired) electrons. The van der Waals surface area contributed by atoms with Crippen LogP contribution in [0.2, 0.25) is 0 Å². The summed E-state index contributed by atoms with van der Waals surface area (Å²) in [5.74, 6) is -0.00875. The fraction of sp³-hybridized carbons (Fsp3) is 0.250. The molecule has 0 aliphatic carbocycles. The van der Waals surface area contributed by atoms with Gasteiger partial charge >= 0.3 is 0 Å². The molecule has 0 atom stereocenters. The molecule has 1 aromatic carbocycles. The Bertz CT molecular complexity index is 981. The number of benzene rings is 1. The van der Waals surface area contributed by atoms with Gasteiger partial charge in [-0.15, -0.1) is 11.3 Å². The first-order valence-corrected chi connectivity index (χ1v) is 9.51. The third-order valence-electron chi connectivity index (χ3n) is 4.67. The fourth-order valence-corrected chi connectivity index (χ4v) is 4.46. The summed E-state index contributed by atoms with van der Waals surface area (Å²) in [6.07, 6.45) is 4.32. The molecule has 1 N–H and O–H groups in total. The van der Waals surface area contributed by atoms with Crippen molar-refractivity contribution >= 4 is 33.2 Å². The molecule has 26 heavy (non-hydrogen) atoms. The van der Waals surface area contributed by atoms with Gasteiger partial charge in [-0.05, 0) is 54.1 Å². The van der Waals surface area contributed by atoms with Crippen LogP contribution in [0.3, 0.4) is 0 Å². The van der Waals surface area contributed by atoms with Crippen molar-refractivity contribution in [3.63, 3.8) is 0 Å². The lowest BCUT2D eigenvalue weighted by atomic mass is 10.0. The summed E-state index contributed by atoms with van der Waals surface area (Å²) in [6, 6.07) is 9.60. The molecule has 0 bridgehead atoms. The van der Waals surface area contributed by atoms with Gasteiger partial charge in [-0.3, -0.25) is 14.6 Å². The highest BCUT2D eigenvalue weighted by molar-refractivity contribution is 7.21. The minimum Gasteiger partial charge on any atom is -0.351 e. The molecule has 3 aromatic rings. The first-order chi connectivity index (χ1) is 12.7. The molecule has 0 unspecified atom stereocenters. The van der Waals surface area contributed by atoms with Gasteiger partial charge in [-0.1, -0.05) is 6.07 Å². The number of nitrogens with one attached hydrogen (secondary N) is 1. The second-order valence-corrected chi connectivity index (χ2v) is 7.36. The number of fused-ring (bicyclic) bond motifs is 3. The van der Waals surface area contributed by atoms with Crippen molar-refractivity contribution in [3.05, 3.63) is 64.3 Å². The van der Waals surface area contributed by atoms with Crippen LogP contribution in [0.5, 0.6) is 0 Å². The van der Waals surface area contributed by atoms with E-state index in [1.807, 2.05) is 42.2 Å². The molecule has 3 heterocycles. The molecule has 4 rings (SSSR count). The number of carbonyl (C=O) groups excluding carboxylic acids is 2. The van der Waals surface area contributed by atoms with Crippen LogP contribution >= 0.6 is 11.3 Å². The molecule has 0 spiro atoms. The summed E-state index contributed by atoms with van der Waals surface area (Å²) in [5.41, 5.74) is 2.74. The third kappa shape index (κ3) is 2.97. The van der Waals surface area contributed by atoms with Gasteiger partial charge in [0.1, 0.15) is 0 Å². The van der Waals surface area contributed by atoms with Crippen LogP contribution in [0.15, 0.2) is 42.7 Å². The number of nitrogens with zero attached hydrogens (tertiary/aromatic N) is 2. The fourth-order valence-electron chi connectivity index (χ4n) is 3.32. The maximum atomic E-state index is 13.0. The zero-order valence-electron chi connectivity index (χ0n) is 14.5. The number of carbonyl (C=O) groups is 2. The Morgan fingerprint density at radius 3 is 3.00 bits per heavy atom. The molecule has 132 valence electrons. The Kier molecular flexibility index (Phi) is 4.42. The monoisotopic (exact) mass is 365 g/mol. The van der Waals surface area contributed by atoms with E-state index in [0.717, 1.165) is 32.5 Å². The number of thiophene rings is 1. The van der Waals surface area contributed by atoms with Crippen molar-refractivity contribution < 1.29 is 9.59 Å². The minimum absolute atomic E-state index is 0.00142. The van der Waals surface area contributed by atoms with Gasteiger partial charge in [-0.2, -0.15) is 0 Å². The molecule has 1 aliphatic heterocycles. The molecule has 2 aromatic heterocycles. The third-order valence-corrected chi connectivity index (χ3v) is 5.88. The maximum absolute atomic E-state index is 13.0. The summed E-state index contributed by atoms with van der Waals surface area (Å²) in [7, 11) is 0. The zero-order chi connectivity index (χ0) is 18.1. The lowest BCUT2D eigenvalue weighted by Crippen LogP contribution is -2.30. The topological polar surface area (TPSA) is 62.3 Å². The van der Waals surface area contributed by atoms with Gasteiger partial charge in [0.05, 0.1) is 4.88 Å². The molecule has 6 heteroatoms. The standard InChI is InChI=1S/C20H19N3O2S/c1-2-23(12-13-4-3-8-21-11-13)20(25)14-5-6-17-16(10-14)15-7-9-22-19(24)18(15)26-17/h3-6,8,10-11H,2,7,9,12H2,1H3,(H,22,24). The summed E-state index contributed by atoms with van der Waals surface area (Å²) >= 11 is 1.50. The van der Waals surface area contributed by atoms with Crippen molar-refractivity contribution in [2.24, 2.45) is 0 Å². The van der Waals surface area contributed by atoms with E-state index < -0.39 is 0 Å². The predicted octanol–water partition coefficient (Wildman–Crippen LogP) is 3.24. The highest BCUT2D eigenvalue weighted by Crippen LogP contribution is 2.34. The van der Waals surface area contributed by atoms with Gasteiger partial charge < -0.3 is 10.2 Å². The van der Waals surface area contributed by atoms with Gasteiger partial charge in [0.2, 0.25) is 0 Å². The number of aromatic nitrogens is 1. The SMILES string of the molecule is CCN(Cc1cccnc1)C(=O)c1ccc2sc3c(c2c1)CCNC3=O. The Morgan fingerprint density at radius 2 is 2.23 bits per heavy atom. The lowest BCUT2D eigenvalue weighted by Gasteiger charge is -2.21. The number of rotatable bonds is 4. The molecular formula is C20H19N3O2S. The molecule has 2 amide bonds. The second-order valence-electron chi connectivity index (χ2n) is 6.31. The van der Waals surface area contributed by atoms with Crippen molar-refractivity contribution in [3.8, 4) is 0 Å². The Hall–Kier alpha value is -2.73. The molecule has 0 saturated carbocycles. The van der Waals surface area contributed by atoms with Crippen molar-refractivity contribution in [2.75, 3.05) is 13.1 Å². The highest BCUT2D eigenvalue weighted by atomic mass is 32.1. The van der Waals surface area contributed by atoms with E-state index in [2.05, 4.69) is 10.3 Å². The van der Waals surface area contributed by atoms with Gasteiger partial charge in [0.15, 0.2) is 0 Å². The van der Waals surface area contributed by atoms with Crippen molar-refractivity contribution in [1.29, 1.82) is 0 Å². The first kappa shape index (κ1) is 16.7. The quantitative estimate of drug-likeness (QED) is 0.772. The lowest BCUT2D eigenvalue weighted by molar-refractivity contribution is 0.0752. The maximum Gasteiger partial charge on any atom is 0.261 e.